The minimum Gasteiger partial charge on any atom is -0.340 e. The van der Waals surface area contributed by atoms with Crippen molar-refractivity contribution in [2.45, 2.75) is 6.54 Å². The Bertz CT molecular complexity index is 1670. The zero-order valence-electron chi connectivity index (χ0n) is 21.9. The summed E-state index contributed by atoms with van der Waals surface area (Å²) in [7, 11) is 0. The number of rotatable bonds is 4. The third-order valence-electron chi connectivity index (χ3n) is 6.96. The van der Waals surface area contributed by atoms with Crippen molar-refractivity contribution in [1.82, 2.24) is 25.5 Å². The van der Waals surface area contributed by atoms with Crippen molar-refractivity contribution in [2.24, 2.45) is 4.99 Å². The van der Waals surface area contributed by atoms with Crippen LogP contribution in [0, 0.1) is 11.2 Å². The maximum absolute atomic E-state index is 14.8. The highest BCUT2D eigenvalue weighted by Gasteiger charge is 2.23. The van der Waals surface area contributed by atoms with Crippen molar-refractivity contribution < 1.29 is 9.18 Å². The lowest BCUT2D eigenvalue weighted by molar-refractivity contribution is 0.0971. The Morgan fingerprint density at radius 2 is 1.78 bits per heavy atom. The molecule has 4 N–H and O–H groups in total. The number of aromatic nitrogens is 2. The molecule has 3 aromatic carbocycles. The molecule has 0 aliphatic carbocycles. The highest BCUT2D eigenvalue weighted by molar-refractivity contribution is 6.31. The zero-order chi connectivity index (χ0) is 28.3. The van der Waals surface area contributed by atoms with Gasteiger partial charge >= 0.3 is 0 Å². The molecule has 41 heavy (non-hydrogen) atoms. The van der Waals surface area contributed by atoms with E-state index in [2.05, 4.69) is 20.9 Å². The van der Waals surface area contributed by atoms with E-state index in [0.29, 0.717) is 57.8 Å². The van der Waals surface area contributed by atoms with Gasteiger partial charge in [0.1, 0.15) is 5.82 Å². The summed E-state index contributed by atoms with van der Waals surface area (Å²) >= 11 is 6.35. The molecule has 0 atom stereocenters. The molecule has 11 heteroatoms. The van der Waals surface area contributed by atoms with E-state index in [-0.39, 0.29) is 24.2 Å². The number of halogens is 2. The van der Waals surface area contributed by atoms with Gasteiger partial charge in [0, 0.05) is 70.9 Å². The number of carbonyl (C=O) groups excluding carboxylic acids is 1. The molecule has 4 aromatic rings. The summed E-state index contributed by atoms with van der Waals surface area (Å²) in [5.41, 5.74) is 4.94. The van der Waals surface area contributed by atoms with Crippen LogP contribution in [0.5, 0.6) is 0 Å². The first kappa shape index (κ1) is 26.5. The third kappa shape index (κ3) is 5.65. The van der Waals surface area contributed by atoms with Crippen molar-refractivity contribution in [3.05, 3.63) is 106 Å². The summed E-state index contributed by atoms with van der Waals surface area (Å²) in [4.78, 5) is 28.5. The van der Waals surface area contributed by atoms with Crippen LogP contribution < -0.4 is 16.0 Å². The van der Waals surface area contributed by atoms with Crippen molar-refractivity contribution in [3.63, 3.8) is 0 Å². The number of amides is 1. The van der Waals surface area contributed by atoms with E-state index in [1.807, 2.05) is 11.0 Å². The summed E-state index contributed by atoms with van der Waals surface area (Å²) in [6.07, 6.45) is 1.71. The number of nitrogens with one attached hydrogen (secondary N) is 4. The second kappa shape index (κ2) is 11.4. The highest BCUT2D eigenvalue weighted by atomic mass is 35.5. The number of benzene rings is 3. The van der Waals surface area contributed by atoms with E-state index < -0.39 is 0 Å². The van der Waals surface area contributed by atoms with E-state index in [9.17, 15) is 9.18 Å². The van der Waals surface area contributed by atoms with Gasteiger partial charge in [-0.2, -0.15) is 0 Å². The van der Waals surface area contributed by atoms with Gasteiger partial charge < -0.3 is 15.5 Å². The highest BCUT2D eigenvalue weighted by Crippen LogP contribution is 2.34. The number of hydrogen-bond donors (Lipinski definition) is 4. The lowest BCUT2D eigenvalue weighted by atomic mass is 9.95. The summed E-state index contributed by atoms with van der Waals surface area (Å²) in [6.45, 7) is 3.19. The molecular weight excluding hydrogens is 543 g/mol. The molecule has 1 saturated heterocycles. The molecule has 1 fully saturated rings. The van der Waals surface area contributed by atoms with Gasteiger partial charge in [0.25, 0.3) is 5.91 Å². The Morgan fingerprint density at radius 1 is 1.00 bits per heavy atom. The van der Waals surface area contributed by atoms with Gasteiger partial charge in [0.2, 0.25) is 5.95 Å². The van der Waals surface area contributed by atoms with E-state index >= 15 is 0 Å². The Morgan fingerprint density at radius 3 is 2.56 bits per heavy atom. The standard InChI is InChI=1S/C30H26ClFN8O/c31-20-7-10-22-24(15-20)27(23-3-1-2-4-25(23)32)35-16-19-17-36-30(38-26(19)22)37-21-8-5-18(6-9-21)28(41)39-29(33)40-13-11-34-12-14-40/h1-10,15,17,34H,11-14,16H2,(H2,33,39,41)(H,36,37,38). The normalized spacial score (nSPS) is 14.3. The van der Waals surface area contributed by atoms with Crippen LogP contribution in [0.1, 0.15) is 27.0 Å². The molecule has 1 aromatic heterocycles. The van der Waals surface area contributed by atoms with Crippen LogP contribution in [-0.2, 0) is 6.54 Å². The van der Waals surface area contributed by atoms with Crippen LogP contribution in [-0.4, -0.2) is 58.6 Å². The molecule has 2 aliphatic rings. The summed E-state index contributed by atoms with van der Waals surface area (Å²) in [5, 5.41) is 17.8. The zero-order valence-corrected chi connectivity index (χ0v) is 22.7. The van der Waals surface area contributed by atoms with Crippen LogP contribution in [0.4, 0.5) is 16.0 Å². The second-order valence-electron chi connectivity index (χ2n) is 9.64. The van der Waals surface area contributed by atoms with Gasteiger partial charge in [-0.25, -0.2) is 14.4 Å². The largest absolute Gasteiger partial charge is 0.340 e. The number of fused-ring (bicyclic) bond motifs is 3. The number of carbonyl (C=O) groups is 1. The summed E-state index contributed by atoms with van der Waals surface area (Å²) < 4.78 is 14.8. The van der Waals surface area contributed by atoms with E-state index in [1.54, 1.807) is 60.8 Å². The molecule has 1 amide bonds. The topological polar surface area (TPSA) is 118 Å². The lowest BCUT2D eigenvalue weighted by Gasteiger charge is -2.29. The molecule has 0 spiro atoms. The molecule has 0 saturated carbocycles. The Hall–Kier alpha value is -4.67. The van der Waals surface area contributed by atoms with Crippen LogP contribution >= 0.6 is 11.6 Å². The fourth-order valence-corrected chi connectivity index (χ4v) is 5.02. The number of guanidine groups is 1. The number of hydrogen-bond acceptors (Lipinski definition) is 7. The van der Waals surface area contributed by atoms with Gasteiger partial charge in [-0.05, 0) is 48.5 Å². The maximum atomic E-state index is 14.8. The molecular formula is C30H26ClFN8O. The molecule has 3 heterocycles. The van der Waals surface area contributed by atoms with Gasteiger partial charge in [-0.1, -0.05) is 29.8 Å². The van der Waals surface area contributed by atoms with E-state index in [4.69, 9.17) is 27.0 Å². The molecule has 6 rings (SSSR count). The van der Waals surface area contributed by atoms with Crippen LogP contribution in [0.3, 0.4) is 0 Å². The van der Waals surface area contributed by atoms with Crippen molar-refractivity contribution in [3.8, 4) is 11.3 Å². The van der Waals surface area contributed by atoms with Gasteiger partial charge in [-0.15, -0.1) is 0 Å². The van der Waals surface area contributed by atoms with E-state index in [1.165, 1.54) is 6.07 Å². The predicted octanol–water partition coefficient (Wildman–Crippen LogP) is 4.60. The molecule has 0 radical (unpaired) electrons. The second-order valence-corrected chi connectivity index (χ2v) is 10.1. The van der Waals surface area contributed by atoms with Crippen molar-refractivity contribution in [1.29, 1.82) is 5.41 Å². The minimum atomic E-state index is -0.366. The minimum absolute atomic E-state index is 0.0980. The number of anilines is 2. The van der Waals surface area contributed by atoms with Crippen molar-refractivity contribution in [2.75, 3.05) is 31.5 Å². The van der Waals surface area contributed by atoms with Gasteiger partial charge in [-0.3, -0.25) is 20.5 Å². The monoisotopic (exact) mass is 568 g/mol. The van der Waals surface area contributed by atoms with Crippen LogP contribution in [0.2, 0.25) is 5.02 Å². The average molecular weight is 569 g/mol. The molecule has 2 aliphatic heterocycles. The first-order valence-electron chi connectivity index (χ1n) is 13.1. The fourth-order valence-electron chi connectivity index (χ4n) is 4.85. The smallest absolute Gasteiger partial charge is 0.257 e. The molecule has 0 unspecified atom stereocenters. The molecule has 206 valence electrons. The Kier molecular flexibility index (Phi) is 7.41. The number of piperazine rings is 1. The fraction of sp³-hybridized carbons (Fsp3) is 0.167. The van der Waals surface area contributed by atoms with Crippen LogP contribution in [0.25, 0.3) is 11.3 Å². The third-order valence-corrected chi connectivity index (χ3v) is 7.20. The molecule has 0 bridgehead atoms. The van der Waals surface area contributed by atoms with E-state index in [0.717, 1.165) is 24.2 Å². The first-order chi connectivity index (χ1) is 20.0. The average Bonchev–Trinajstić information content (AvgIpc) is 3.14. The quantitative estimate of drug-likeness (QED) is 0.211. The van der Waals surface area contributed by atoms with Crippen molar-refractivity contribution >= 4 is 40.8 Å². The SMILES string of the molecule is N=C(NC(=O)c1ccc(Nc2ncc3c(n2)-c2ccc(Cl)cc2C(c2ccccc2F)=NC3)cc1)N1CCNCC1. The van der Waals surface area contributed by atoms with Crippen LogP contribution in [0.15, 0.2) is 77.9 Å². The number of nitrogens with zero attached hydrogens (tertiary/aromatic N) is 4. The lowest BCUT2D eigenvalue weighted by Crippen LogP contribution is -2.51. The van der Waals surface area contributed by atoms with Gasteiger partial charge in [0.15, 0.2) is 5.96 Å². The molecule has 9 nitrogen and oxygen atoms in total. The summed E-state index contributed by atoms with van der Waals surface area (Å²) in [5.74, 6) is -0.255. The predicted molar refractivity (Wildman–Crippen MR) is 158 cm³/mol. The van der Waals surface area contributed by atoms with Gasteiger partial charge in [0.05, 0.1) is 18.0 Å². The first-order valence-corrected chi connectivity index (χ1v) is 13.5. The Labute approximate surface area is 241 Å². The maximum Gasteiger partial charge on any atom is 0.257 e. The number of aliphatic imine (C=N–C) groups is 1. The Balaban J connectivity index is 1.23. The summed E-state index contributed by atoms with van der Waals surface area (Å²) in [6, 6.07) is 18.8.